The Hall–Kier alpha value is -2.28. The Labute approximate surface area is 155 Å². The number of fused-ring (bicyclic) bond motifs is 1. The summed E-state index contributed by atoms with van der Waals surface area (Å²) in [5, 5.41) is 3.36. The van der Waals surface area contributed by atoms with Gasteiger partial charge >= 0.3 is 0 Å². The number of nitrogens with zero attached hydrogens (tertiary/aromatic N) is 2. The number of piperidine rings is 1. The predicted octanol–water partition coefficient (Wildman–Crippen LogP) is 2.89. The van der Waals surface area contributed by atoms with Gasteiger partial charge in [-0.2, -0.15) is 0 Å². The summed E-state index contributed by atoms with van der Waals surface area (Å²) in [5.41, 5.74) is 1.17. The Balaban J connectivity index is 1.33. The van der Waals surface area contributed by atoms with Gasteiger partial charge in [0.25, 0.3) is 0 Å². The van der Waals surface area contributed by atoms with Crippen molar-refractivity contribution in [3.05, 3.63) is 41.3 Å². The van der Waals surface area contributed by atoms with Crippen molar-refractivity contribution in [2.24, 2.45) is 11.3 Å². The number of oxazole rings is 1. The first-order chi connectivity index (χ1) is 13.0. The van der Waals surface area contributed by atoms with Crippen LogP contribution in [0, 0.1) is 23.0 Å². The standard InChI is InChI=1S/C20H21F2N3O2/c21-13-7-12(8-14(22)9-13)18-24-16-11-25(6-1-17(16)27-18)19(26)15-10-20(15)2-4-23-5-3-20/h7-9,15,23H,1-6,10-11H2. The van der Waals surface area contributed by atoms with Crippen molar-refractivity contribution in [3.8, 4) is 11.5 Å². The second-order valence-electron chi connectivity index (χ2n) is 7.93. The second-order valence-corrected chi connectivity index (χ2v) is 7.93. The van der Waals surface area contributed by atoms with Crippen molar-refractivity contribution in [3.63, 3.8) is 0 Å². The molecule has 1 aromatic carbocycles. The predicted molar refractivity (Wildman–Crippen MR) is 93.6 cm³/mol. The Kier molecular flexibility index (Phi) is 3.82. The van der Waals surface area contributed by atoms with Gasteiger partial charge in [0.1, 0.15) is 23.1 Å². The van der Waals surface area contributed by atoms with E-state index < -0.39 is 11.6 Å². The van der Waals surface area contributed by atoms with Gasteiger partial charge in [-0.1, -0.05) is 0 Å². The van der Waals surface area contributed by atoms with Crippen LogP contribution in [-0.4, -0.2) is 35.4 Å². The van der Waals surface area contributed by atoms with Gasteiger partial charge in [0.05, 0.1) is 6.54 Å². The average molecular weight is 373 g/mol. The summed E-state index contributed by atoms with van der Waals surface area (Å²) >= 11 is 0. The van der Waals surface area contributed by atoms with E-state index in [1.807, 2.05) is 4.90 Å². The molecule has 1 unspecified atom stereocenters. The van der Waals surface area contributed by atoms with E-state index in [0.717, 1.165) is 38.4 Å². The summed E-state index contributed by atoms with van der Waals surface area (Å²) in [5.74, 6) is -0.0910. The highest BCUT2D eigenvalue weighted by Gasteiger charge is 2.58. The molecule has 1 amide bonds. The van der Waals surface area contributed by atoms with E-state index in [4.69, 9.17) is 4.42 Å². The molecule has 3 heterocycles. The van der Waals surface area contributed by atoms with Crippen LogP contribution in [0.25, 0.3) is 11.5 Å². The lowest BCUT2D eigenvalue weighted by atomic mass is 9.91. The maximum Gasteiger partial charge on any atom is 0.226 e. The zero-order valence-electron chi connectivity index (χ0n) is 14.9. The van der Waals surface area contributed by atoms with Crippen LogP contribution in [0.1, 0.15) is 30.7 Å². The van der Waals surface area contributed by atoms with Crippen LogP contribution in [-0.2, 0) is 17.8 Å². The zero-order chi connectivity index (χ0) is 18.6. The van der Waals surface area contributed by atoms with E-state index in [0.29, 0.717) is 31.0 Å². The molecule has 1 saturated carbocycles. The first-order valence-corrected chi connectivity index (χ1v) is 9.49. The maximum absolute atomic E-state index is 13.5. The number of benzene rings is 1. The first kappa shape index (κ1) is 16.9. The normalized spacial score (nSPS) is 23.3. The van der Waals surface area contributed by atoms with Crippen LogP contribution in [0.15, 0.2) is 22.6 Å². The van der Waals surface area contributed by atoms with Crippen LogP contribution in [0.3, 0.4) is 0 Å². The number of nitrogens with one attached hydrogen (secondary N) is 1. The van der Waals surface area contributed by atoms with Crippen molar-refractivity contribution in [1.29, 1.82) is 0 Å². The van der Waals surface area contributed by atoms with Crippen LogP contribution < -0.4 is 5.32 Å². The smallest absolute Gasteiger partial charge is 0.226 e. The summed E-state index contributed by atoms with van der Waals surface area (Å²) in [6.45, 7) is 2.98. The fraction of sp³-hybridized carbons (Fsp3) is 0.500. The van der Waals surface area contributed by atoms with Crippen molar-refractivity contribution < 1.29 is 18.0 Å². The van der Waals surface area contributed by atoms with Gasteiger partial charge in [0.15, 0.2) is 0 Å². The molecule has 3 aliphatic rings. The maximum atomic E-state index is 13.5. The molecule has 1 N–H and O–H groups in total. The van der Waals surface area contributed by atoms with Crippen LogP contribution in [0.4, 0.5) is 8.78 Å². The lowest BCUT2D eigenvalue weighted by Gasteiger charge is -2.28. The number of amides is 1. The monoisotopic (exact) mass is 373 g/mol. The van der Waals surface area contributed by atoms with E-state index in [2.05, 4.69) is 10.3 Å². The molecule has 1 atom stereocenters. The Morgan fingerprint density at radius 3 is 2.70 bits per heavy atom. The van der Waals surface area contributed by atoms with E-state index >= 15 is 0 Å². The molecule has 5 nitrogen and oxygen atoms in total. The molecule has 2 fully saturated rings. The molecular weight excluding hydrogens is 352 g/mol. The number of carbonyl (C=O) groups excluding carboxylic acids is 1. The highest BCUT2D eigenvalue weighted by atomic mass is 19.1. The summed E-state index contributed by atoms with van der Waals surface area (Å²) in [6, 6.07) is 3.22. The Bertz CT molecular complexity index is 884. The van der Waals surface area contributed by atoms with E-state index in [-0.39, 0.29) is 28.7 Å². The average Bonchev–Trinajstić information content (AvgIpc) is 3.15. The fourth-order valence-electron chi connectivity index (χ4n) is 4.58. The largest absolute Gasteiger partial charge is 0.441 e. The minimum absolute atomic E-state index is 0.129. The quantitative estimate of drug-likeness (QED) is 0.880. The molecule has 5 rings (SSSR count). The summed E-state index contributed by atoms with van der Waals surface area (Å²) in [7, 11) is 0. The second kappa shape index (κ2) is 6.12. The van der Waals surface area contributed by atoms with E-state index in [1.165, 1.54) is 12.1 Å². The number of rotatable bonds is 2. The van der Waals surface area contributed by atoms with Crippen LogP contribution in [0.2, 0.25) is 0 Å². The van der Waals surface area contributed by atoms with Gasteiger partial charge in [-0.05, 0) is 49.9 Å². The number of hydrogen-bond donors (Lipinski definition) is 1. The number of aromatic nitrogens is 1. The van der Waals surface area contributed by atoms with Crippen molar-refractivity contribution in [2.45, 2.75) is 32.2 Å². The molecule has 2 aliphatic heterocycles. The highest BCUT2D eigenvalue weighted by Crippen LogP contribution is 2.59. The number of hydrogen-bond acceptors (Lipinski definition) is 4. The molecule has 1 aliphatic carbocycles. The lowest BCUT2D eigenvalue weighted by molar-refractivity contribution is -0.134. The lowest BCUT2D eigenvalue weighted by Crippen LogP contribution is -2.39. The minimum atomic E-state index is -0.668. The Morgan fingerprint density at radius 2 is 1.96 bits per heavy atom. The molecule has 0 bridgehead atoms. The molecule has 1 aromatic heterocycles. The van der Waals surface area contributed by atoms with Crippen LogP contribution in [0.5, 0.6) is 0 Å². The summed E-state index contributed by atoms with van der Waals surface area (Å²) in [4.78, 5) is 19.2. The van der Waals surface area contributed by atoms with Gasteiger partial charge < -0.3 is 14.6 Å². The van der Waals surface area contributed by atoms with E-state index in [9.17, 15) is 13.6 Å². The molecule has 2 aromatic rings. The molecule has 7 heteroatoms. The van der Waals surface area contributed by atoms with Gasteiger partial charge in [0.2, 0.25) is 11.8 Å². The number of carbonyl (C=O) groups is 1. The third-order valence-corrected chi connectivity index (χ3v) is 6.24. The highest BCUT2D eigenvalue weighted by molar-refractivity contribution is 5.83. The van der Waals surface area contributed by atoms with Crippen molar-refractivity contribution >= 4 is 5.91 Å². The molecule has 142 valence electrons. The molecule has 27 heavy (non-hydrogen) atoms. The van der Waals surface area contributed by atoms with Crippen LogP contribution >= 0.6 is 0 Å². The molecule has 1 spiro atoms. The first-order valence-electron chi connectivity index (χ1n) is 9.49. The van der Waals surface area contributed by atoms with Crippen molar-refractivity contribution in [2.75, 3.05) is 19.6 Å². The SMILES string of the molecule is O=C(C1CC12CCNCC2)N1CCc2oc(-c3cc(F)cc(F)c3)nc2C1. The minimum Gasteiger partial charge on any atom is -0.441 e. The molecule has 0 radical (unpaired) electrons. The third kappa shape index (κ3) is 2.94. The zero-order valence-corrected chi connectivity index (χ0v) is 14.9. The van der Waals surface area contributed by atoms with Gasteiger partial charge in [-0.15, -0.1) is 0 Å². The molecule has 1 saturated heterocycles. The third-order valence-electron chi connectivity index (χ3n) is 6.24. The Morgan fingerprint density at radius 1 is 1.22 bits per heavy atom. The topological polar surface area (TPSA) is 58.4 Å². The summed E-state index contributed by atoms with van der Waals surface area (Å²) < 4.78 is 32.7. The van der Waals surface area contributed by atoms with Gasteiger partial charge in [-0.25, -0.2) is 13.8 Å². The van der Waals surface area contributed by atoms with Gasteiger partial charge in [0, 0.05) is 30.5 Å². The fourth-order valence-corrected chi connectivity index (χ4v) is 4.58. The van der Waals surface area contributed by atoms with E-state index in [1.54, 1.807) is 0 Å². The number of halogens is 2. The molecular formula is C20H21F2N3O2. The van der Waals surface area contributed by atoms with Gasteiger partial charge in [-0.3, -0.25) is 4.79 Å². The summed E-state index contributed by atoms with van der Waals surface area (Å²) in [6.07, 6.45) is 3.71. The van der Waals surface area contributed by atoms with Crippen molar-refractivity contribution in [1.82, 2.24) is 15.2 Å².